The van der Waals surface area contributed by atoms with E-state index in [9.17, 15) is 4.79 Å². The van der Waals surface area contributed by atoms with Gasteiger partial charge in [0.25, 0.3) is 0 Å². The molecule has 0 aliphatic rings. The SMILES string of the molecule is CN(C(=O)CCCn1cncn1)[C@@H](c1ccccc1)c1ccccn1. The smallest absolute Gasteiger partial charge is 0.223 e. The molecule has 0 saturated carbocycles. The molecule has 6 heteroatoms. The highest BCUT2D eigenvalue weighted by molar-refractivity contribution is 5.76. The van der Waals surface area contributed by atoms with Gasteiger partial charge in [-0.1, -0.05) is 36.4 Å². The molecule has 0 unspecified atom stereocenters. The van der Waals surface area contributed by atoms with E-state index >= 15 is 0 Å². The predicted molar refractivity (Wildman–Crippen MR) is 94.5 cm³/mol. The summed E-state index contributed by atoms with van der Waals surface area (Å²) in [5, 5.41) is 4.06. The van der Waals surface area contributed by atoms with Crippen LogP contribution in [0.25, 0.3) is 0 Å². The van der Waals surface area contributed by atoms with Crippen molar-refractivity contribution in [3.05, 3.63) is 78.6 Å². The molecule has 0 aliphatic heterocycles. The van der Waals surface area contributed by atoms with Gasteiger partial charge < -0.3 is 4.90 Å². The fraction of sp³-hybridized carbons (Fsp3) is 0.263. The lowest BCUT2D eigenvalue weighted by Crippen LogP contribution is -2.32. The minimum Gasteiger partial charge on any atom is -0.333 e. The number of nitrogens with zero attached hydrogens (tertiary/aromatic N) is 5. The molecule has 0 spiro atoms. The standard InChI is InChI=1S/C19H21N5O/c1-23(18(25)11-7-13-24-15-20-14-22-24)19(16-8-3-2-4-9-16)17-10-5-6-12-21-17/h2-6,8-10,12,14-15,19H,7,11,13H2,1H3/t19-/m0/s1. The number of carbonyl (C=O) groups excluding carboxylic acids is 1. The van der Waals surface area contributed by atoms with E-state index in [1.165, 1.54) is 6.33 Å². The van der Waals surface area contributed by atoms with Gasteiger partial charge in [-0.05, 0) is 24.1 Å². The Morgan fingerprint density at radius 3 is 2.64 bits per heavy atom. The summed E-state index contributed by atoms with van der Waals surface area (Å²) < 4.78 is 1.74. The first-order valence-corrected chi connectivity index (χ1v) is 8.29. The highest BCUT2D eigenvalue weighted by Crippen LogP contribution is 2.26. The maximum absolute atomic E-state index is 12.7. The zero-order chi connectivity index (χ0) is 17.5. The molecule has 0 bridgehead atoms. The van der Waals surface area contributed by atoms with Gasteiger partial charge in [-0.25, -0.2) is 4.98 Å². The molecule has 3 rings (SSSR count). The average molecular weight is 335 g/mol. The van der Waals surface area contributed by atoms with Crippen molar-refractivity contribution in [3.8, 4) is 0 Å². The summed E-state index contributed by atoms with van der Waals surface area (Å²) in [6.45, 7) is 0.680. The van der Waals surface area contributed by atoms with E-state index < -0.39 is 0 Å². The molecule has 1 atom stereocenters. The molecule has 0 aliphatic carbocycles. The van der Waals surface area contributed by atoms with Crippen molar-refractivity contribution < 1.29 is 4.79 Å². The van der Waals surface area contributed by atoms with Crippen molar-refractivity contribution >= 4 is 5.91 Å². The van der Waals surface area contributed by atoms with E-state index in [1.54, 1.807) is 22.1 Å². The Balaban J connectivity index is 1.72. The Morgan fingerprint density at radius 2 is 1.96 bits per heavy atom. The van der Waals surface area contributed by atoms with E-state index in [-0.39, 0.29) is 11.9 Å². The van der Waals surface area contributed by atoms with Crippen LogP contribution in [-0.2, 0) is 11.3 Å². The van der Waals surface area contributed by atoms with E-state index in [4.69, 9.17) is 0 Å². The van der Waals surface area contributed by atoms with Gasteiger partial charge >= 0.3 is 0 Å². The summed E-state index contributed by atoms with van der Waals surface area (Å²) in [5.74, 6) is 0.0830. The Kier molecular flexibility index (Phi) is 5.51. The van der Waals surface area contributed by atoms with Gasteiger partial charge in [0.2, 0.25) is 5.91 Å². The first kappa shape index (κ1) is 16.8. The molecule has 128 valence electrons. The van der Waals surface area contributed by atoms with E-state index in [0.29, 0.717) is 13.0 Å². The maximum atomic E-state index is 12.7. The topological polar surface area (TPSA) is 63.9 Å². The van der Waals surface area contributed by atoms with Gasteiger partial charge in [-0.15, -0.1) is 0 Å². The summed E-state index contributed by atoms with van der Waals surface area (Å²) in [6.07, 6.45) is 6.09. The summed E-state index contributed by atoms with van der Waals surface area (Å²) in [5.41, 5.74) is 1.91. The lowest BCUT2D eigenvalue weighted by Gasteiger charge is -2.28. The number of aryl methyl sites for hydroxylation is 1. The number of carbonyl (C=O) groups is 1. The zero-order valence-corrected chi connectivity index (χ0v) is 14.2. The lowest BCUT2D eigenvalue weighted by atomic mass is 10.0. The van der Waals surface area contributed by atoms with Crippen LogP contribution in [0.4, 0.5) is 0 Å². The Bertz CT molecular complexity index is 735. The van der Waals surface area contributed by atoms with Gasteiger partial charge in [0, 0.05) is 26.2 Å². The van der Waals surface area contributed by atoms with E-state index in [0.717, 1.165) is 17.7 Å². The second kappa shape index (κ2) is 8.19. The van der Waals surface area contributed by atoms with Crippen LogP contribution in [-0.4, -0.2) is 37.6 Å². The summed E-state index contributed by atoms with van der Waals surface area (Å²) in [6, 6.07) is 15.6. The average Bonchev–Trinajstić information content (AvgIpc) is 3.17. The monoisotopic (exact) mass is 335 g/mol. The molecular weight excluding hydrogens is 314 g/mol. The minimum absolute atomic E-state index is 0.0830. The molecule has 0 radical (unpaired) electrons. The number of amides is 1. The van der Waals surface area contributed by atoms with Crippen LogP contribution in [0.15, 0.2) is 67.4 Å². The molecule has 1 amide bonds. The highest BCUT2D eigenvalue weighted by atomic mass is 16.2. The molecule has 6 nitrogen and oxygen atoms in total. The third kappa shape index (κ3) is 4.29. The maximum Gasteiger partial charge on any atom is 0.223 e. The Morgan fingerprint density at radius 1 is 1.16 bits per heavy atom. The van der Waals surface area contributed by atoms with Crippen LogP contribution in [0.2, 0.25) is 0 Å². The van der Waals surface area contributed by atoms with E-state index in [1.807, 2.05) is 55.6 Å². The molecule has 25 heavy (non-hydrogen) atoms. The predicted octanol–water partition coefficient (Wildman–Crippen LogP) is 2.70. The van der Waals surface area contributed by atoms with Crippen LogP contribution in [0, 0.1) is 0 Å². The van der Waals surface area contributed by atoms with Crippen molar-refractivity contribution in [1.82, 2.24) is 24.6 Å². The van der Waals surface area contributed by atoms with Crippen LogP contribution >= 0.6 is 0 Å². The van der Waals surface area contributed by atoms with Crippen LogP contribution < -0.4 is 0 Å². The molecule has 3 aromatic rings. The van der Waals surface area contributed by atoms with E-state index in [2.05, 4.69) is 15.1 Å². The van der Waals surface area contributed by atoms with Crippen molar-refractivity contribution in [1.29, 1.82) is 0 Å². The number of hydrogen-bond acceptors (Lipinski definition) is 4. The second-order valence-corrected chi connectivity index (χ2v) is 5.83. The summed E-state index contributed by atoms with van der Waals surface area (Å²) in [7, 11) is 1.84. The first-order valence-electron chi connectivity index (χ1n) is 8.29. The summed E-state index contributed by atoms with van der Waals surface area (Å²) >= 11 is 0. The van der Waals surface area contributed by atoms with Gasteiger partial charge in [-0.2, -0.15) is 5.10 Å². The Labute approximate surface area is 147 Å². The lowest BCUT2D eigenvalue weighted by molar-refractivity contribution is -0.131. The van der Waals surface area contributed by atoms with Gasteiger partial charge in [-0.3, -0.25) is 14.5 Å². The van der Waals surface area contributed by atoms with Crippen LogP contribution in [0.1, 0.15) is 30.1 Å². The quantitative estimate of drug-likeness (QED) is 0.666. The number of aromatic nitrogens is 4. The van der Waals surface area contributed by atoms with Gasteiger partial charge in [0.15, 0.2) is 0 Å². The van der Waals surface area contributed by atoms with Crippen LogP contribution in [0.3, 0.4) is 0 Å². The zero-order valence-electron chi connectivity index (χ0n) is 14.2. The third-order valence-electron chi connectivity index (χ3n) is 4.11. The van der Waals surface area contributed by atoms with Gasteiger partial charge in [0.05, 0.1) is 11.7 Å². The molecule has 1 aromatic carbocycles. The number of hydrogen-bond donors (Lipinski definition) is 0. The van der Waals surface area contributed by atoms with Crippen molar-refractivity contribution in [2.75, 3.05) is 7.05 Å². The fourth-order valence-electron chi connectivity index (χ4n) is 2.83. The number of pyridine rings is 1. The second-order valence-electron chi connectivity index (χ2n) is 5.83. The summed E-state index contributed by atoms with van der Waals surface area (Å²) in [4.78, 5) is 22.9. The molecule has 2 aromatic heterocycles. The molecule has 0 saturated heterocycles. The van der Waals surface area contributed by atoms with Crippen LogP contribution in [0.5, 0.6) is 0 Å². The highest BCUT2D eigenvalue weighted by Gasteiger charge is 2.24. The number of benzene rings is 1. The first-order chi connectivity index (χ1) is 12.3. The van der Waals surface area contributed by atoms with Crippen molar-refractivity contribution in [2.24, 2.45) is 0 Å². The molecule has 2 heterocycles. The third-order valence-corrected chi connectivity index (χ3v) is 4.11. The minimum atomic E-state index is -0.193. The Hall–Kier alpha value is -3.02. The fourth-order valence-corrected chi connectivity index (χ4v) is 2.83. The molecule has 0 fully saturated rings. The number of rotatable bonds is 7. The van der Waals surface area contributed by atoms with Gasteiger partial charge in [0.1, 0.15) is 12.7 Å². The normalized spacial score (nSPS) is 11.9. The molecule has 0 N–H and O–H groups in total. The molecular formula is C19H21N5O. The largest absolute Gasteiger partial charge is 0.333 e. The van der Waals surface area contributed by atoms with Crippen molar-refractivity contribution in [3.63, 3.8) is 0 Å². The van der Waals surface area contributed by atoms with Crippen molar-refractivity contribution in [2.45, 2.75) is 25.4 Å².